The normalized spacial score (nSPS) is 10.2. The van der Waals surface area contributed by atoms with Gasteiger partial charge in [0.25, 0.3) is 0 Å². The van der Waals surface area contributed by atoms with E-state index in [1.54, 1.807) is 12.1 Å². The fraction of sp³-hybridized carbons (Fsp3) is 0.125. The number of amidine groups is 1. The third kappa shape index (κ3) is 3.31. The summed E-state index contributed by atoms with van der Waals surface area (Å²) < 4.78 is 0. The maximum Gasteiger partial charge on any atom is 0.170 e. The van der Waals surface area contributed by atoms with Gasteiger partial charge in [-0.05, 0) is 34.8 Å². The predicted molar refractivity (Wildman–Crippen MR) is 60.6 cm³/mol. The fourth-order valence-electron chi connectivity index (χ4n) is 1.19. The molecule has 0 aromatic heterocycles. The molecular formula is C8H8N8O. The SMILES string of the molecule is [N-]=[N+]=NCc1cc(N=[N+]=[N-])cc(/C(N)=N/O)c1. The second kappa shape index (κ2) is 5.86. The van der Waals surface area contributed by atoms with Gasteiger partial charge in [0.1, 0.15) is 0 Å². The van der Waals surface area contributed by atoms with Crippen LogP contribution in [0.15, 0.2) is 33.6 Å². The van der Waals surface area contributed by atoms with E-state index in [4.69, 9.17) is 22.0 Å². The van der Waals surface area contributed by atoms with E-state index >= 15 is 0 Å². The van der Waals surface area contributed by atoms with E-state index in [-0.39, 0.29) is 12.4 Å². The highest BCUT2D eigenvalue weighted by atomic mass is 16.4. The number of nitrogens with two attached hydrogens (primary N) is 1. The first-order valence-corrected chi connectivity index (χ1v) is 4.39. The van der Waals surface area contributed by atoms with Crippen LogP contribution < -0.4 is 5.73 Å². The summed E-state index contributed by atoms with van der Waals surface area (Å²) in [6.07, 6.45) is 0. The van der Waals surface area contributed by atoms with Crippen LogP contribution in [0.4, 0.5) is 5.69 Å². The van der Waals surface area contributed by atoms with Crippen LogP contribution in [-0.4, -0.2) is 11.0 Å². The summed E-state index contributed by atoms with van der Waals surface area (Å²) in [5, 5.41) is 18.2. The summed E-state index contributed by atoms with van der Waals surface area (Å²) in [6, 6.07) is 4.57. The van der Waals surface area contributed by atoms with Crippen LogP contribution in [0, 0.1) is 0 Å². The quantitative estimate of drug-likeness (QED) is 0.155. The van der Waals surface area contributed by atoms with Crippen LogP contribution in [0.25, 0.3) is 20.9 Å². The molecule has 0 bridgehead atoms. The van der Waals surface area contributed by atoms with Crippen molar-refractivity contribution >= 4 is 11.5 Å². The number of oxime groups is 1. The van der Waals surface area contributed by atoms with Gasteiger partial charge in [0.05, 0.1) is 6.54 Å². The minimum absolute atomic E-state index is 0.0804. The number of azide groups is 2. The van der Waals surface area contributed by atoms with E-state index in [2.05, 4.69) is 25.2 Å². The molecule has 1 aromatic carbocycles. The zero-order valence-corrected chi connectivity index (χ0v) is 8.59. The second-order valence-electron chi connectivity index (χ2n) is 2.95. The first kappa shape index (κ1) is 12.2. The standard InChI is InChI=1S/C8H8N8O/c9-8(14-17)6-1-5(4-12-15-10)2-7(3-6)13-16-11/h1-3,17H,4H2,(H2,9,14). The van der Waals surface area contributed by atoms with Crippen LogP contribution in [0.2, 0.25) is 0 Å². The summed E-state index contributed by atoms with van der Waals surface area (Å²) in [4.78, 5) is 5.24. The Bertz CT molecular complexity index is 538. The highest BCUT2D eigenvalue weighted by Crippen LogP contribution is 2.19. The van der Waals surface area contributed by atoms with Crippen LogP contribution in [0.1, 0.15) is 11.1 Å². The van der Waals surface area contributed by atoms with E-state index in [0.717, 1.165) is 0 Å². The Hall–Kier alpha value is -2.89. The van der Waals surface area contributed by atoms with Crippen molar-refractivity contribution in [3.63, 3.8) is 0 Å². The van der Waals surface area contributed by atoms with Gasteiger partial charge in [-0.2, -0.15) is 0 Å². The first-order chi connectivity index (χ1) is 8.21. The lowest BCUT2D eigenvalue weighted by Crippen LogP contribution is -2.13. The van der Waals surface area contributed by atoms with Crippen molar-refractivity contribution in [3.8, 4) is 0 Å². The molecule has 1 aromatic rings. The second-order valence-corrected chi connectivity index (χ2v) is 2.95. The van der Waals surface area contributed by atoms with E-state index < -0.39 is 0 Å². The number of nitrogens with zero attached hydrogens (tertiary/aromatic N) is 7. The van der Waals surface area contributed by atoms with Gasteiger partial charge in [0.15, 0.2) is 5.84 Å². The Morgan fingerprint density at radius 3 is 2.65 bits per heavy atom. The molecule has 0 aliphatic carbocycles. The predicted octanol–water partition coefficient (Wildman–Crippen LogP) is 2.53. The Labute approximate surface area is 95.4 Å². The molecule has 0 amide bonds. The summed E-state index contributed by atoms with van der Waals surface area (Å²) >= 11 is 0. The molecule has 0 spiro atoms. The molecule has 0 radical (unpaired) electrons. The van der Waals surface area contributed by atoms with Gasteiger partial charge >= 0.3 is 0 Å². The lowest BCUT2D eigenvalue weighted by Gasteiger charge is -2.03. The Morgan fingerprint density at radius 1 is 1.29 bits per heavy atom. The average Bonchev–Trinajstić information content (AvgIpc) is 2.35. The van der Waals surface area contributed by atoms with Crippen molar-refractivity contribution in [1.29, 1.82) is 0 Å². The Balaban J connectivity index is 3.27. The zero-order valence-electron chi connectivity index (χ0n) is 8.59. The maximum absolute atomic E-state index is 8.55. The molecular weight excluding hydrogens is 224 g/mol. The van der Waals surface area contributed by atoms with Crippen molar-refractivity contribution in [3.05, 3.63) is 50.2 Å². The van der Waals surface area contributed by atoms with E-state index in [0.29, 0.717) is 16.8 Å². The lowest BCUT2D eigenvalue weighted by atomic mass is 10.1. The molecule has 9 nitrogen and oxygen atoms in total. The minimum Gasteiger partial charge on any atom is -0.409 e. The van der Waals surface area contributed by atoms with Gasteiger partial charge in [0.2, 0.25) is 0 Å². The van der Waals surface area contributed by atoms with Gasteiger partial charge in [-0.1, -0.05) is 15.4 Å². The van der Waals surface area contributed by atoms with Gasteiger partial charge in [-0.3, -0.25) is 0 Å². The van der Waals surface area contributed by atoms with Crippen molar-refractivity contribution in [2.75, 3.05) is 0 Å². The number of rotatable bonds is 4. The van der Waals surface area contributed by atoms with Gasteiger partial charge in [-0.15, -0.1) is 0 Å². The monoisotopic (exact) mass is 232 g/mol. The number of benzene rings is 1. The molecule has 0 unspecified atom stereocenters. The molecule has 0 atom stereocenters. The summed E-state index contributed by atoms with van der Waals surface area (Å²) in [5.41, 5.74) is 23.2. The van der Waals surface area contributed by atoms with Gasteiger partial charge < -0.3 is 10.9 Å². The molecule has 86 valence electrons. The summed E-state index contributed by atoms with van der Waals surface area (Å²) in [5.74, 6) is -0.123. The van der Waals surface area contributed by atoms with Crippen LogP contribution in [-0.2, 0) is 6.54 Å². The fourth-order valence-corrected chi connectivity index (χ4v) is 1.19. The number of hydrogen-bond acceptors (Lipinski definition) is 4. The molecule has 0 aliphatic heterocycles. The maximum atomic E-state index is 8.55. The molecule has 0 fully saturated rings. The van der Waals surface area contributed by atoms with E-state index in [1.807, 2.05) is 0 Å². The van der Waals surface area contributed by atoms with Crippen LogP contribution in [0.5, 0.6) is 0 Å². The average molecular weight is 232 g/mol. The first-order valence-electron chi connectivity index (χ1n) is 4.39. The van der Waals surface area contributed by atoms with Crippen LogP contribution in [0.3, 0.4) is 0 Å². The molecule has 0 saturated carbocycles. The van der Waals surface area contributed by atoms with E-state index in [1.165, 1.54) is 6.07 Å². The zero-order chi connectivity index (χ0) is 12.7. The largest absolute Gasteiger partial charge is 0.409 e. The Kier molecular flexibility index (Phi) is 4.20. The third-order valence-corrected chi connectivity index (χ3v) is 1.86. The smallest absolute Gasteiger partial charge is 0.170 e. The lowest BCUT2D eigenvalue weighted by molar-refractivity contribution is 0.318. The summed E-state index contributed by atoms with van der Waals surface area (Å²) in [6.45, 7) is 0.0804. The molecule has 17 heavy (non-hydrogen) atoms. The molecule has 0 heterocycles. The molecule has 9 heteroatoms. The molecule has 3 N–H and O–H groups in total. The van der Waals surface area contributed by atoms with Crippen LogP contribution >= 0.6 is 0 Å². The molecule has 0 saturated heterocycles. The highest BCUT2D eigenvalue weighted by Gasteiger charge is 2.03. The topological polar surface area (TPSA) is 156 Å². The van der Waals surface area contributed by atoms with Crippen molar-refractivity contribution in [2.45, 2.75) is 6.54 Å². The summed E-state index contributed by atoms with van der Waals surface area (Å²) in [7, 11) is 0. The van der Waals surface area contributed by atoms with Crippen molar-refractivity contribution < 1.29 is 5.21 Å². The van der Waals surface area contributed by atoms with Crippen molar-refractivity contribution in [1.82, 2.24) is 0 Å². The van der Waals surface area contributed by atoms with Gasteiger partial charge in [-0.25, -0.2) is 0 Å². The minimum atomic E-state index is -0.123. The van der Waals surface area contributed by atoms with E-state index in [9.17, 15) is 0 Å². The third-order valence-electron chi connectivity index (χ3n) is 1.86. The highest BCUT2D eigenvalue weighted by molar-refractivity contribution is 5.97. The molecule has 0 aliphatic rings. The molecule has 1 rings (SSSR count). The Morgan fingerprint density at radius 2 is 2.06 bits per heavy atom. The number of hydrogen-bond donors (Lipinski definition) is 2. The van der Waals surface area contributed by atoms with Crippen molar-refractivity contribution in [2.24, 2.45) is 21.1 Å². The van der Waals surface area contributed by atoms with Gasteiger partial charge in [0, 0.05) is 21.1 Å².